The molecule has 0 aliphatic carbocycles. The molecule has 0 amide bonds. The Bertz CT molecular complexity index is 132. The van der Waals surface area contributed by atoms with E-state index in [1.807, 2.05) is 0 Å². The number of ether oxygens (including phenoxy) is 1. The first kappa shape index (κ1) is 9.43. The molecule has 0 aromatic carbocycles. The van der Waals surface area contributed by atoms with E-state index < -0.39 is 0 Å². The average Bonchev–Trinajstić information content (AvgIpc) is 2.39. The summed E-state index contributed by atoms with van der Waals surface area (Å²) < 4.78 is 5.44. The lowest BCUT2D eigenvalue weighted by Gasteiger charge is -2.07. The fraction of sp³-hybridized carbons (Fsp3) is 0.750. The van der Waals surface area contributed by atoms with Crippen LogP contribution >= 0.6 is 23.4 Å². The van der Waals surface area contributed by atoms with Gasteiger partial charge in [0.2, 0.25) is 0 Å². The normalized spacial score (nSPS) is 23.9. The van der Waals surface area contributed by atoms with Crippen LogP contribution in [0.4, 0.5) is 0 Å². The van der Waals surface area contributed by atoms with Gasteiger partial charge in [-0.1, -0.05) is 18.2 Å². The van der Waals surface area contributed by atoms with Crippen molar-refractivity contribution < 1.29 is 4.74 Å². The first-order valence-corrected chi connectivity index (χ1v) is 5.35. The topological polar surface area (TPSA) is 9.23 Å². The van der Waals surface area contributed by atoms with Crippen molar-refractivity contribution in [3.63, 3.8) is 0 Å². The fourth-order valence-electron chi connectivity index (χ4n) is 1.08. The molecule has 1 atom stereocenters. The molecule has 1 rings (SSSR count). The van der Waals surface area contributed by atoms with Gasteiger partial charge in [-0.05, 0) is 12.8 Å². The summed E-state index contributed by atoms with van der Waals surface area (Å²) in [5.74, 6) is 1.91. The molecule has 1 saturated heterocycles. The van der Waals surface area contributed by atoms with Crippen LogP contribution < -0.4 is 0 Å². The summed E-state index contributed by atoms with van der Waals surface area (Å²) >= 11 is 7.41. The van der Waals surface area contributed by atoms with Crippen molar-refractivity contribution in [1.82, 2.24) is 0 Å². The predicted molar refractivity (Wildman–Crippen MR) is 51.3 cm³/mol. The van der Waals surface area contributed by atoms with E-state index in [1.165, 1.54) is 12.8 Å². The highest BCUT2D eigenvalue weighted by Crippen LogP contribution is 2.18. The third-order valence-corrected chi connectivity index (χ3v) is 3.04. The van der Waals surface area contributed by atoms with Crippen molar-refractivity contribution in [2.24, 2.45) is 0 Å². The van der Waals surface area contributed by atoms with Crippen molar-refractivity contribution in [3.05, 3.63) is 11.6 Å². The number of thioether (sulfide) groups is 1. The summed E-state index contributed by atoms with van der Waals surface area (Å²) in [7, 11) is 0. The summed E-state index contributed by atoms with van der Waals surface area (Å²) in [5, 5.41) is 0.730. The van der Waals surface area contributed by atoms with Crippen LogP contribution in [-0.2, 0) is 4.74 Å². The Labute approximate surface area is 77.1 Å². The molecule has 3 heteroatoms. The number of hydrogen-bond acceptors (Lipinski definition) is 2. The zero-order valence-electron chi connectivity index (χ0n) is 6.51. The fourth-order valence-corrected chi connectivity index (χ4v) is 2.17. The molecule has 0 bridgehead atoms. The molecule has 0 saturated carbocycles. The van der Waals surface area contributed by atoms with Crippen molar-refractivity contribution >= 4 is 23.4 Å². The van der Waals surface area contributed by atoms with E-state index in [0.29, 0.717) is 6.10 Å². The van der Waals surface area contributed by atoms with Gasteiger partial charge in [-0.2, -0.15) is 11.8 Å². The third kappa shape index (κ3) is 4.04. The van der Waals surface area contributed by atoms with E-state index in [9.17, 15) is 0 Å². The monoisotopic (exact) mass is 192 g/mol. The van der Waals surface area contributed by atoms with Crippen LogP contribution in [-0.4, -0.2) is 24.2 Å². The minimum Gasteiger partial charge on any atom is -0.377 e. The molecular weight excluding hydrogens is 180 g/mol. The maximum absolute atomic E-state index is 5.61. The zero-order valence-corrected chi connectivity index (χ0v) is 8.09. The smallest absolute Gasteiger partial charge is 0.0666 e. The Kier molecular flexibility index (Phi) is 4.34. The summed E-state index contributed by atoms with van der Waals surface area (Å²) in [4.78, 5) is 0. The summed E-state index contributed by atoms with van der Waals surface area (Å²) in [6.45, 7) is 4.56. The second-order valence-electron chi connectivity index (χ2n) is 2.67. The lowest BCUT2D eigenvalue weighted by Crippen LogP contribution is -2.08. The largest absolute Gasteiger partial charge is 0.377 e. The first-order valence-electron chi connectivity index (χ1n) is 3.81. The van der Waals surface area contributed by atoms with E-state index in [2.05, 4.69) is 6.58 Å². The van der Waals surface area contributed by atoms with Gasteiger partial charge < -0.3 is 4.74 Å². The third-order valence-electron chi connectivity index (χ3n) is 1.59. The number of rotatable bonds is 4. The summed E-state index contributed by atoms with van der Waals surface area (Å²) in [6, 6.07) is 0. The molecule has 64 valence electrons. The van der Waals surface area contributed by atoms with Crippen molar-refractivity contribution in [3.8, 4) is 0 Å². The summed E-state index contributed by atoms with van der Waals surface area (Å²) in [5.41, 5.74) is 0. The standard InChI is InChI=1S/C8H13ClOS/c1-7(9)5-11-6-8-3-2-4-10-8/h8H,1-6H2. The Morgan fingerprint density at radius 2 is 2.55 bits per heavy atom. The Morgan fingerprint density at radius 3 is 3.09 bits per heavy atom. The van der Waals surface area contributed by atoms with Crippen molar-refractivity contribution in [2.75, 3.05) is 18.1 Å². The first-order chi connectivity index (χ1) is 5.29. The molecule has 0 N–H and O–H groups in total. The van der Waals surface area contributed by atoms with E-state index in [4.69, 9.17) is 16.3 Å². The van der Waals surface area contributed by atoms with E-state index in [0.717, 1.165) is 23.1 Å². The second kappa shape index (κ2) is 5.07. The van der Waals surface area contributed by atoms with E-state index in [-0.39, 0.29) is 0 Å². The van der Waals surface area contributed by atoms with Gasteiger partial charge in [0.1, 0.15) is 0 Å². The second-order valence-corrected chi connectivity index (χ2v) is 4.23. The molecule has 1 fully saturated rings. The maximum atomic E-state index is 5.61. The van der Waals surface area contributed by atoms with Gasteiger partial charge in [0.15, 0.2) is 0 Å². The van der Waals surface area contributed by atoms with E-state index in [1.54, 1.807) is 11.8 Å². The lowest BCUT2D eigenvalue weighted by molar-refractivity contribution is 0.129. The highest BCUT2D eigenvalue weighted by Gasteiger charge is 2.14. The molecule has 1 aliphatic heterocycles. The van der Waals surface area contributed by atoms with Gasteiger partial charge in [0.25, 0.3) is 0 Å². The molecule has 1 nitrogen and oxygen atoms in total. The van der Waals surface area contributed by atoms with Gasteiger partial charge in [-0.25, -0.2) is 0 Å². The van der Waals surface area contributed by atoms with Crippen LogP contribution in [0.1, 0.15) is 12.8 Å². The Morgan fingerprint density at radius 1 is 1.73 bits per heavy atom. The molecule has 1 aliphatic rings. The molecular formula is C8H13ClOS. The highest BCUT2D eigenvalue weighted by molar-refractivity contribution is 7.99. The Hall–Kier alpha value is 0.340. The van der Waals surface area contributed by atoms with Gasteiger partial charge in [-0.15, -0.1) is 0 Å². The molecule has 0 aromatic heterocycles. The molecule has 0 aromatic rings. The molecule has 0 spiro atoms. The SMILES string of the molecule is C=C(Cl)CSCC1CCCO1. The van der Waals surface area contributed by atoms with Crippen LogP contribution in [0.5, 0.6) is 0 Å². The van der Waals surface area contributed by atoms with Gasteiger partial charge >= 0.3 is 0 Å². The Balaban J connectivity index is 1.98. The minimum atomic E-state index is 0.469. The zero-order chi connectivity index (χ0) is 8.10. The van der Waals surface area contributed by atoms with Crippen LogP contribution in [0.25, 0.3) is 0 Å². The van der Waals surface area contributed by atoms with Crippen LogP contribution in [0, 0.1) is 0 Å². The number of hydrogen-bond donors (Lipinski definition) is 0. The van der Waals surface area contributed by atoms with Gasteiger partial charge in [-0.3, -0.25) is 0 Å². The van der Waals surface area contributed by atoms with Crippen LogP contribution in [0.3, 0.4) is 0 Å². The van der Waals surface area contributed by atoms with Crippen molar-refractivity contribution in [1.29, 1.82) is 0 Å². The lowest BCUT2D eigenvalue weighted by atomic mass is 10.3. The minimum absolute atomic E-state index is 0.469. The van der Waals surface area contributed by atoms with Gasteiger partial charge in [0.05, 0.1) is 6.10 Å². The van der Waals surface area contributed by atoms with Crippen LogP contribution in [0.2, 0.25) is 0 Å². The van der Waals surface area contributed by atoms with Gasteiger partial charge in [0, 0.05) is 23.1 Å². The quantitative estimate of drug-likeness (QED) is 0.678. The molecule has 1 unspecified atom stereocenters. The highest BCUT2D eigenvalue weighted by atomic mass is 35.5. The number of halogens is 1. The molecule has 11 heavy (non-hydrogen) atoms. The maximum Gasteiger partial charge on any atom is 0.0666 e. The summed E-state index contributed by atoms with van der Waals surface area (Å²) in [6.07, 6.45) is 2.89. The molecule has 0 radical (unpaired) electrons. The van der Waals surface area contributed by atoms with Crippen LogP contribution in [0.15, 0.2) is 11.6 Å². The average molecular weight is 193 g/mol. The predicted octanol–water partition coefficient (Wildman–Crippen LogP) is 2.65. The van der Waals surface area contributed by atoms with Crippen molar-refractivity contribution in [2.45, 2.75) is 18.9 Å². The van der Waals surface area contributed by atoms with E-state index >= 15 is 0 Å². The molecule has 1 heterocycles.